The first-order valence-corrected chi connectivity index (χ1v) is 17.4. The molecule has 0 saturated heterocycles. The van der Waals surface area contributed by atoms with Crippen LogP contribution in [-0.4, -0.2) is 16.3 Å². The maximum Gasteiger partial charge on any atom is 0.131 e. The highest BCUT2D eigenvalue weighted by Crippen LogP contribution is 2.46. The normalized spacial score (nSPS) is 16.0. The first-order valence-electron chi connectivity index (χ1n) is 17.4. The maximum absolute atomic E-state index is 12.7. The highest BCUT2D eigenvalue weighted by Gasteiger charge is 2.33. The largest absolute Gasteiger partial charge is 0.507 e. The van der Waals surface area contributed by atoms with E-state index in [4.69, 9.17) is 0 Å². The van der Waals surface area contributed by atoms with Gasteiger partial charge in [0.1, 0.15) is 5.75 Å². The van der Waals surface area contributed by atoms with Crippen molar-refractivity contribution in [3.63, 3.8) is 0 Å². The minimum absolute atomic E-state index is 0.233. The molecule has 0 aromatic heterocycles. The number of aliphatic hydroxyl groups is 1. The average Bonchev–Trinajstić information content (AvgIpc) is 3.10. The van der Waals surface area contributed by atoms with Gasteiger partial charge in [-0.3, -0.25) is 0 Å². The molecule has 0 bridgehead atoms. The lowest BCUT2D eigenvalue weighted by molar-refractivity contribution is 0.218. The minimum atomic E-state index is -0.832. The van der Waals surface area contributed by atoms with Crippen molar-refractivity contribution in [3.05, 3.63) is 134 Å². The fourth-order valence-electron chi connectivity index (χ4n) is 7.85. The Labute approximate surface area is 274 Å². The lowest BCUT2D eigenvalue weighted by atomic mass is 9.75. The molecule has 0 heterocycles. The Hall–Kier alpha value is -4.14. The molecule has 2 nitrogen and oxygen atoms in total. The van der Waals surface area contributed by atoms with Crippen LogP contribution >= 0.6 is 0 Å². The van der Waals surface area contributed by atoms with Crippen molar-refractivity contribution in [2.75, 3.05) is 0 Å². The summed E-state index contributed by atoms with van der Waals surface area (Å²) in [6.45, 7) is 13.3. The van der Waals surface area contributed by atoms with Gasteiger partial charge >= 0.3 is 0 Å². The topological polar surface area (TPSA) is 40.5 Å². The maximum atomic E-state index is 12.7. The molecule has 1 aliphatic rings. The average molecular weight is 609 g/mol. The van der Waals surface area contributed by atoms with Gasteiger partial charge in [-0.1, -0.05) is 120 Å². The Kier molecular flexibility index (Phi) is 9.20. The second-order valence-electron chi connectivity index (χ2n) is 12.7. The lowest BCUT2D eigenvalue weighted by Gasteiger charge is -2.31. The number of aliphatic hydroxyl groups excluding tert-OH is 1. The predicted molar refractivity (Wildman–Crippen MR) is 195 cm³/mol. The highest BCUT2D eigenvalue weighted by atomic mass is 16.3. The number of hydrogen-bond donors (Lipinski definition) is 2. The molecule has 5 aromatic rings. The molecule has 2 N–H and O–H groups in total. The number of rotatable bonds is 9. The van der Waals surface area contributed by atoms with Gasteiger partial charge < -0.3 is 10.2 Å². The van der Waals surface area contributed by atoms with Gasteiger partial charge in [-0.25, -0.2) is 0 Å². The third-order valence-electron chi connectivity index (χ3n) is 10.3. The van der Waals surface area contributed by atoms with Gasteiger partial charge in [0.05, 0.1) is 6.10 Å². The summed E-state index contributed by atoms with van der Waals surface area (Å²) >= 11 is 0. The Morgan fingerprint density at radius 3 is 1.72 bits per heavy atom. The fourth-order valence-corrected chi connectivity index (χ4v) is 7.85. The monoisotopic (exact) mass is 608 g/mol. The van der Waals surface area contributed by atoms with Gasteiger partial charge in [0.2, 0.25) is 0 Å². The SMILES string of the molecule is CCc1cc(CC)c(-c2cc3ccccc3c(C3=c4ccccc4=C[C@H](c4c(CC)cc(CC)cc4CC)C3O)c2O)c(CC)c1. The van der Waals surface area contributed by atoms with E-state index in [1.807, 2.05) is 12.1 Å². The van der Waals surface area contributed by atoms with Crippen molar-refractivity contribution in [2.45, 2.75) is 92.1 Å². The standard InChI is InChI=1S/C44H48O2/c1-7-27-21-29(9-3)39(30(10-4)22-27)37-25-33-17-13-15-19-35(33)41(43(37)45)42-36-20-16-14-18-34(36)26-38(44(42)46)40-31(11-5)23-28(8-2)24-32(40)12-6/h13-26,37,43,45-46H,7-12H2,1-6H3/t37-,43?/m1/s1. The molecule has 236 valence electrons. The summed E-state index contributed by atoms with van der Waals surface area (Å²) in [4.78, 5) is 0. The summed E-state index contributed by atoms with van der Waals surface area (Å²) in [5, 5.41) is 29.4. The van der Waals surface area contributed by atoms with Crippen molar-refractivity contribution >= 4 is 22.4 Å². The van der Waals surface area contributed by atoms with Crippen LogP contribution in [0.2, 0.25) is 0 Å². The smallest absolute Gasteiger partial charge is 0.131 e. The van der Waals surface area contributed by atoms with Crippen LogP contribution in [0.25, 0.3) is 33.5 Å². The molecule has 0 saturated carbocycles. The van der Waals surface area contributed by atoms with E-state index in [1.165, 1.54) is 38.9 Å². The van der Waals surface area contributed by atoms with Gasteiger partial charge in [-0.2, -0.15) is 0 Å². The van der Waals surface area contributed by atoms with E-state index in [9.17, 15) is 10.2 Å². The number of phenolic OH excluding ortho intramolecular Hbond substituents is 1. The van der Waals surface area contributed by atoms with Crippen LogP contribution in [0.1, 0.15) is 92.0 Å². The first-order chi connectivity index (χ1) is 22.4. The second-order valence-corrected chi connectivity index (χ2v) is 12.7. The molecule has 2 heteroatoms. The molecule has 0 aliphatic heterocycles. The van der Waals surface area contributed by atoms with Crippen molar-refractivity contribution in [1.29, 1.82) is 0 Å². The molecule has 0 radical (unpaired) electrons. The van der Waals surface area contributed by atoms with E-state index >= 15 is 0 Å². The first kappa shape index (κ1) is 31.8. The van der Waals surface area contributed by atoms with Crippen LogP contribution in [-0.2, 0) is 38.5 Å². The zero-order chi connectivity index (χ0) is 32.5. The zero-order valence-corrected chi connectivity index (χ0v) is 28.4. The van der Waals surface area contributed by atoms with Crippen molar-refractivity contribution in [2.24, 2.45) is 0 Å². The molecule has 0 amide bonds. The third kappa shape index (κ3) is 5.37. The summed E-state index contributed by atoms with van der Waals surface area (Å²) in [5.41, 5.74) is 12.6. The minimum Gasteiger partial charge on any atom is -0.507 e. The number of fused-ring (bicyclic) bond motifs is 2. The summed E-state index contributed by atoms with van der Waals surface area (Å²) in [5.74, 6) is 0.0216. The van der Waals surface area contributed by atoms with Crippen LogP contribution in [0.4, 0.5) is 0 Å². The summed E-state index contributed by atoms with van der Waals surface area (Å²) < 4.78 is 0. The highest BCUT2D eigenvalue weighted by molar-refractivity contribution is 6.03. The fraction of sp³-hybridized carbons (Fsp3) is 0.318. The van der Waals surface area contributed by atoms with Crippen LogP contribution < -0.4 is 10.4 Å². The van der Waals surface area contributed by atoms with Crippen molar-refractivity contribution in [3.8, 4) is 16.9 Å². The van der Waals surface area contributed by atoms with Gasteiger partial charge in [0.15, 0.2) is 0 Å². The molecular formula is C44H48O2. The van der Waals surface area contributed by atoms with Crippen molar-refractivity contribution in [1.82, 2.24) is 0 Å². The predicted octanol–water partition coefficient (Wildman–Crippen LogP) is 8.72. The molecular weight excluding hydrogens is 560 g/mol. The van der Waals surface area contributed by atoms with Gasteiger partial charge in [0, 0.05) is 22.6 Å². The lowest BCUT2D eigenvalue weighted by Crippen LogP contribution is -2.39. The number of phenols is 1. The Balaban J connectivity index is 1.71. The van der Waals surface area contributed by atoms with E-state index < -0.39 is 6.10 Å². The summed E-state index contributed by atoms with van der Waals surface area (Å²) in [7, 11) is 0. The molecule has 2 atom stereocenters. The van der Waals surface area contributed by atoms with E-state index in [1.54, 1.807) is 0 Å². The zero-order valence-electron chi connectivity index (χ0n) is 28.4. The van der Waals surface area contributed by atoms with Crippen LogP contribution in [0.3, 0.4) is 0 Å². The molecule has 1 unspecified atom stereocenters. The number of aryl methyl sites for hydroxylation is 6. The third-order valence-corrected chi connectivity index (χ3v) is 10.3. The quantitative estimate of drug-likeness (QED) is 0.176. The summed E-state index contributed by atoms with van der Waals surface area (Å²) in [6.07, 6.45) is 6.97. The van der Waals surface area contributed by atoms with E-state index in [0.29, 0.717) is 0 Å². The molecule has 46 heavy (non-hydrogen) atoms. The molecule has 5 aromatic carbocycles. The molecule has 1 aliphatic carbocycles. The van der Waals surface area contributed by atoms with Gasteiger partial charge in [-0.05, 0) is 110 Å². The second kappa shape index (κ2) is 13.3. The number of benzene rings is 5. The number of aromatic hydroxyl groups is 1. The Morgan fingerprint density at radius 2 is 1.13 bits per heavy atom. The van der Waals surface area contributed by atoms with Crippen LogP contribution in [0.15, 0.2) is 78.9 Å². The summed E-state index contributed by atoms with van der Waals surface area (Å²) in [6, 6.07) is 28.2. The van der Waals surface area contributed by atoms with E-state index in [0.717, 1.165) is 82.0 Å². The molecule has 6 rings (SSSR count). The van der Waals surface area contributed by atoms with Crippen LogP contribution in [0.5, 0.6) is 5.75 Å². The van der Waals surface area contributed by atoms with E-state index in [2.05, 4.69) is 114 Å². The van der Waals surface area contributed by atoms with Crippen molar-refractivity contribution < 1.29 is 10.2 Å². The van der Waals surface area contributed by atoms with E-state index in [-0.39, 0.29) is 11.7 Å². The van der Waals surface area contributed by atoms with Gasteiger partial charge in [-0.15, -0.1) is 0 Å². The van der Waals surface area contributed by atoms with Crippen LogP contribution in [0, 0.1) is 0 Å². The molecule has 0 fully saturated rings. The van der Waals surface area contributed by atoms with Gasteiger partial charge in [0.25, 0.3) is 0 Å². The Morgan fingerprint density at radius 1 is 0.587 bits per heavy atom. The number of hydrogen-bond acceptors (Lipinski definition) is 2. The molecule has 0 spiro atoms. The Bertz CT molecular complexity index is 2000.